The number of hydrogen-bond donors (Lipinski definition) is 1. The summed E-state index contributed by atoms with van der Waals surface area (Å²) >= 11 is 0. The van der Waals surface area contributed by atoms with E-state index >= 15 is 0 Å². The maximum atomic E-state index is 4.43. The Morgan fingerprint density at radius 3 is 2.70 bits per heavy atom. The highest BCUT2D eigenvalue weighted by Crippen LogP contribution is 2.19. The molecule has 6 heteroatoms. The summed E-state index contributed by atoms with van der Waals surface area (Å²) in [5, 5.41) is 7.87. The smallest absolute Gasteiger partial charge is 0.0638 e. The van der Waals surface area contributed by atoms with Gasteiger partial charge < -0.3 is 5.32 Å². The fraction of sp³-hybridized carbons (Fsp3) is 0.786. The molecule has 2 fully saturated rings. The van der Waals surface area contributed by atoms with Gasteiger partial charge in [0.15, 0.2) is 0 Å². The van der Waals surface area contributed by atoms with Crippen LogP contribution in [-0.2, 0) is 13.6 Å². The van der Waals surface area contributed by atoms with E-state index in [1.165, 1.54) is 43.9 Å². The van der Waals surface area contributed by atoms with Crippen LogP contribution in [0.5, 0.6) is 0 Å². The third-order valence-corrected chi connectivity index (χ3v) is 4.42. The lowest BCUT2D eigenvalue weighted by Crippen LogP contribution is -2.49. The van der Waals surface area contributed by atoms with Gasteiger partial charge in [-0.15, -0.1) is 12.4 Å². The van der Waals surface area contributed by atoms with Crippen LogP contribution in [-0.4, -0.2) is 64.9 Å². The van der Waals surface area contributed by atoms with Crippen molar-refractivity contribution >= 4 is 12.4 Å². The minimum Gasteiger partial charge on any atom is -0.314 e. The summed E-state index contributed by atoms with van der Waals surface area (Å²) in [7, 11) is 2.00. The van der Waals surface area contributed by atoms with E-state index in [9.17, 15) is 0 Å². The van der Waals surface area contributed by atoms with Crippen LogP contribution in [0.2, 0.25) is 0 Å². The van der Waals surface area contributed by atoms with Crippen molar-refractivity contribution in [3.8, 4) is 0 Å². The van der Waals surface area contributed by atoms with Crippen LogP contribution in [0.4, 0.5) is 0 Å². The molecule has 0 amide bonds. The van der Waals surface area contributed by atoms with Gasteiger partial charge in [0, 0.05) is 70.7 Å². The molecule has 1 unspecified atom stereocenters. The van der Waals surface area contributed by atoms with Gasteiger partial charge >= 0.3 is 0 Å². The lowest BCUT2D eigenvalue weighted by molar-refractivity contribution is 0.170. The van der Waals surface area contributed by atoms with Crippen LogP contribution in [0.1, 0.15) is 17.7 Å². The number of likely N-dealkylation sites (tertiary alicyclic amines) is 1. The Bertz CT molecular complexity index is 427. The lowest BCUT2D eigenvalue weighted by atomic mass is 10.2. The third-order valence-electron chi connectivity index (χ3n) is 4.42. The Labute approximate surface area is 127 Å². The number of nitrogens with one attached hydrogen (secondary N) is 1. The summed E-state index contributed by atoms with van der Waals surface area (Å²) in [6, 6.07) is 0.763. The van der Waals surface area contributed by atoms with Crippen LogP contribution >= 0.6 is 12.4 Å². The molecule has 20 heavy (non-hydrogen) atoms. The minimum absolute atomic E-state index is 0. The van der Waals surface area contributed by atoms with E-state index in [0.29, 0.717) is 0 Å². The zero-order chi connectivity index (χ0) is 13.2. The highest BCUT2D eigenvalue weighted by atomic mass is 35.5. The molecular weight excluding hydrogens is 274 g/mol. The van der Waals surface area contributed by atoms with Crippen LogP contribution in [0.15, 0.2) is 6.20 Å². The largest absolute Gasteiger partial charge is 0.314 e. The predicted octanol–water partition coefficient (Wildman–Crippen LogP) is 0.630. The fourth-order valence-corrected chi connectivity index (χ4v) is 3.35. The maximum Gasteiger partial charge on any atom is 0.0638 e. The predicted molar refractivity (Wildman–Crippen MR) is 83.3 cm³/mol. The van der Waals surface area contributed by atoms with E-state index in [1.54, 1.807) is 0 Å². The Morgan fingerprint density at radius 2 is 2.05 bits per heavy atom. The Kier molecular flexibility index (Phi) is 5.43. The molecule has 1 aromatic heterocycles. The second-order valence-electron chi connectivity index (χ2n) is 5.88. The standard InChI is InChI=1S/C14H25N5.ClH/c1-12-13(9-17(2)16-12)10-18-6-3-14(11-18)19-7-4-15-5-8-19;/h9,14-15H,3-8,10-11H2,1-2H3;1H. The van der Waals surface area contributed by atoms with Crippen LogP contribution in [0, 0.1) is 6.92 Å². The lowest BCUT2D eigenvalue weighted by Gasteiger charge is -2.32. The van der Waals surface area contributed by atoms with E-state index in [4.69, 9.17) is 0 Å². The Morgan fingerprint density at radius 1 is 1.30 bits per heavy atom. The quantitative estimate of drug-likeness (QED) is 0.888. The molecule has 1 N–H and O–H groups in total. The Balaban J connectivity index is 0.00000147. The van der Waals surface area contributed by atoms with E-state index < -0.39 is 0 Å². The van der Waals surface area contributed by atoms with Crippen molar-refractivity contribution in [3.05, 3.63) is 17.5 Å². The summed E-state index contributed by atoms with van der Waals surface area (Å²) in [5.41, 5.74) is 2.55. The average molecular weight is 300 g/mol. The molecule has 114 valence electrons. The van der Waals surface area contributed by atoms with Gasteiger partial charge in [-0.2, -0.15) is 5.10 Å². The van der Waals surface area contributed by atoms with Crippen LogP contribution in [0.25, 0.3) is 0 Å². The average Bonchev–Trinajstić information content (AvgIpc) is 2.99. The number of halogens is 1. The molecule has 0 aromatic carbocycles. The first-order chi connectivity index (χ1) is 9.22. The zero-order valence-corrected chi connectivity index (χ0v) is 13.3. The Hall–Kier alpha value is -0.620. The van der Waals surface area contributed by atoms with Crippen molar-refractivity contribution in [2.75, 3.05) is 39.3 Å². The SMILES string of the molecule is Cc1nn(C)cc1CN1CCC(N2CCNCC2)C1.Cl. The number of nitrogens with zero attached hydrogens (tertiary/aromatic N) is 4. The van der Waals surface area contributed by atoms with E-state index in [2.05, 4.69) is 33.3 Å². The molecule has 5 nitrogen and oxygen atoms in total. The summed E-state index contributed by atoms with van der Waals surface area (Å²) in [4.78, 5) is 5.24. The number of aryl methyl sites for hydroxylation is 2. The van der Waals surface area contributed by atoms with Gasteiger partial charge in [0.1, 0.15) is 0 Å². The second-order valence-corrected chi connectivity index (χ2v) is 5.88. The monoisotopic (exact) mass is 299 g/mol. The minimum atomic E-state index is 0. The molecular formula is C14H26ClN5. The molecule has 0 radical (unpaired) electrons. The molecule has 1 atom stereocenters. The van der Waals surface area contributed by atoms with Crippen molar-refractivity contribution < 1.29 is 0 Å². The van der Waals surface area contributed by atoms with Crippen LogP contribution < -0.4 is 5.32 Å². The molecule has 2 saturated heterocycles. The first-order valence-electron chi connectivity index (χ1n) is 7.38. The number of rotatable bonds is 3. The number of piperazine rings is 1. The van der Waals surface area contributed by atoms with E-state index in [1.807, 2.05) is 11.7 Å². The molecule has 0 aliphatic carbocycles. The van der Waals surface area contributed by atoms with Gasteiger partial charge in [-0.1, -0.05) is 0 Å². The van der Waals surface area contributed by atoms with Crippen molar-refractivity contribution in [2.24, 2.45) is 7.05 Å². The molecule has 3 rings (SSSR count). The normalized spacial score (nSPS) is 24.8. The summed E-state index contributed by atoms with van der Waals surface area (Å²) in [5.74, 6) is 0. The zero-order valence-electron chi connectivity index (χ0n) is 12.5. The summed E-state index contributed by atoms with van der Waals surface area (Å²) in [6.45, 7) is 10.3. The molecule has 1 aromatic rings. The highest BCUT2D eigenvalue weighted by molar-refractivity contribution is 5.85. The van der Waals surface area contributed by atoms with Gasteiger partial charge in [-0.05, 0) is 13.3 Å². The molecule has 0 saturated carbocycles. The molecule has 2 aliphatic heterocycles. The van der Waals surface area contributed by atoms with Crippen molar-refractivity contribution in [1.82, 2.24) is 24.9 Å². The summed E-state index contributed by atoms with van der Waals surface area (Å²) < 4.78 is 1.93. The number of aromatic nitrogens is 2. The van der Waals surface area contributed by atoms with E-state index in [0.717, 1.165) is 25.7 Å². The van der Waals surface area contributed by atoms with Crippen molar-refractivity contribution in [3.63, 3.8) is 0 Å². The van der Waals surface area contributed by atoms with Crippen molar-refractivity contribution in [1.29, 1.82) is 0 Å². The van der Waals surface area contributed by atoms with Crippen molar-refractivity contribution in [2.45, 2.75) is 25.9 Å². The fourth-order valence-electron chi connectivity index (χ4n) is 3.35. The van der Waals surface area contributed by atoms with Crippen LogP contribution in [0.3, 0.4) is 0 Å². The number of hydrogen-bond acceptors (Lipinski definition) is 4. The van der Waals surface area contributed by atoms with Gasteiger partial charge in [-0.3, -0.25) is 14.5 Å². The summed E-state index contributed by atoms with van der Waals surface area (Å²) in [6.07, 6.45) is 3.48. The van der Waals surface area contributed by atoms with Gasteiger partial charge in [-0.25, -0.2) is 0 Å². The van der Waals surface area contributed by atoms with Gasteiger partial charge in [0.25, 0.3) is 0 Å². The van der Waals surface area contributed by atoms with E-state index in [-0.39, 0.29) is 12.4 Å². The first-order valence-corrected chi connectivity index (χ1v) is 7.38. The highest BCUT2D eigenvalue weighted by Gasteiger charge is 2.28. The topological polar surface area (TPSA) is 36.3 Å². The molecule has 0 bridgehead atoms. The second kappa shape index (κ2) is 6.89. The molecule has 2 aliphatic rings. The first kappa shape index (κ1) is 15.8. The molecule has 0 spiro atoms. The molecule has 3 heterocycles. The maximum absolute atomic E-state index is 4.43. The van der Waals surface area contributed by atoms with Gasteiger partial charge in [0.2, 0.25) is 0 Å². The third kappa shape index (κ3) is 3.52. The van der Waals surface area contributed by atoms with Gasteiger partial charge in [0.05, 0.1) is 5.69 Å².